The summed E-state index contributed by atoms with van der Waals surface area (Å²) >= 11 is 0. The fourth-order valence-electron chi connectivity index (χ4n) is 2.35. The van der Waals surface area contributed by atoms with Gasteiger partial charge in [0.05, 0.1) is 6.61 Å². The Bertz CT molecular complexity index is 775. The van der Waals surface area contributed by atoms with Gasteiger partial charge in [0.2, 0.25) is 5.91 Å². The molecule has 2 aromatic rings. The molecule has 2 N–H and O–H groups in total. The molecule has 2 amide bonds. The average Bonchev–Trinajstić information content (AvgIpc) is 2.69. The van der Waals surface area contributed by atoms with Crippen molar-refractivity contribution in [3.8, 4) is 5.75 Å². The first-order chi connectivity index (χ1) is 13.6. The van der Waals surface area contributed by atoms with Gasteiger partial charge in [-0.2, -0.15) is 0 Å². The number of hydrogen-bond donors (Lipinski definition) is 2. The van der Waals surface area contributed by atoms with Crippen molar-refractivity contribution in [3.05, 3.63) is 54.6 Å². The molecule has 0 aromatic heterocycles. The highest BCUT2D eigenvalue weighted by Crippen LogP contribution is 2.16. The maximum absolute atomic E-state index is 11.9. The van der Waals surface area contributed by atoms with Crippen molar-refractivity contribution in [1.29, 1.82) is 0 Å². The van der Waals surface area contributed by atoms with Gasteiger partial charge in [-0.25, -0.2) is 0 Å². The number of carbonyl (C=O) groups excluding carboxylic acids is 3. The van der Waals surface area contributed by atoms with Gasteiger partial charge < -0.3 is 20.1 Å². The summed E-state index contributed by atoms with van der Waals surface area (Å²) in [5.74, 6) is -0.386. The summed E-state index contributed by atoms with van der Waals surface area (Å²) in [7, 11) is 0. The zero-order valence-electron chi connectivity index (χ0n) is 15.8. The van der Waals surface area contributed by atoms with Crippen molar-refractivity contribution in [1.82, 2.24) is 0 Å². The van der Waals surface area contributed by atoms with Gasteiger partial charge in [0, 0.05) is 24.2 Å². The molecule has 0 fully saturated rings. The molecule has 7 nitrogen and oxygen atoms in total. The lowest BCUT2D eigenvalue weighted by Crippen LogP contribution is -2.21. The minimum atomic E-state index is -0.517. The fourth-order valence-corrected chi connectivity index (χ4v) is 2.35. The summed E-state index contributed by atoms with van der Waals surface area (Å²) in [4.78, 5) is 35.3. The van der Waals surface area contributed by atoms with Gasteiger partial charge in [-0.1, -0.05) is 18.2 Å². The molecule has 0 aliphatic rings. The second-order valence-electron chi connectivity index (χ2n) is 5.93. The molecular weight excluding hydrogens is 360 g/mol. The van der Waals surface area contributed by atoms with Crippen LogP contribution in [0.4, 0.5) is 11.4 Å². The monoisotopic (exact) mass is 384 g/mol. The maximum atomic E-state index is 11.9. The Morgan fingerprint density at radius 3 is 2.14 bits per heavy atom. The molecule has 0 spiro atoms. The SMILES string of the molecule is CCOc1ccc(NC(=O)CCCC(=O)OCC(=O)Nc2ccccc2)cc1. The van der Waals surface area contributed by atoms with Crippen molar-refractivity contribution in [3.63, 3.8) is 0 Å². The van der Waals surface area contributed by atoms with Crippen molar-refractivity contribution >= 4 is 29.2 Å². The topological polar surface area (TPSA) is 93.7 Å². The van der Waals surface area contributed by atoms with E-state index < -0.39 is 11.9 Å². The van der Waals surface area contributed by atoms with Crippen LogP contribution in [0.2, 0.25) is 0 Å². The van der Waals surface area contributed by atoms with Gasteiger partial charge in [-0.3, -0.25) is 14.4 Å². The van der Waals surface area contributed by atoms with E-state index in [9.17, 15) is 14.4 Å². The molecule has 0 saturated heterocycles. The Labute approximate surface area is 164 Å². The third-order valence-electron chi connectivity index (χ3n) is 3.66. The summed E-state index contributed by atoms with van der Waals surface area (Å²) in [6, 6.07) is 16.0. The number of ether oxygens (including phenoxy) is 2. The molecule has 7 heteroatoms. The molecule has 0 aliphatic heterocycles. The van der Waals surface area contributed by atoms with Crippen LogP contribution in [0.25, 0.3) is 0 Å². The number of benzene rings is 2. The highest BCUT2D eigenvalue weighted by Gasteiger charge is 2.09. The minimum Gasteiger partial charge on any atom is -0.494 e. The van der Waals surface area contributed by atoms with Crippen molar-refractivity contribution < 1.29 is 23.9 Å². The molecule has 0 atom stereocenters. The zero-order chi connectivity index (χ0) is 20.2. The van der Waals surface area contributed by atoms with Crippen LogP contribution < -0.4 is 15.4 Å². The number of hydrogen-bond acceptors (Lipinski definition) is 5. The maximum Gasteiger partial charge on any atom is 0.306 e. The van der Waals surface area contributed by atoms with E-state index in [0.717, 1.165) is 5.75 Å². The Hall–Kier alpha value is -3.35. The van der Waals surface area contributed by atoms with E-state index in [1.807, 2.05) is 13.0 Å². The van der Waals surface area contributed by atoms with E-state index in [-0.39, 0.29) is 25.4 Å². The standard InChI is InChI=1S/C21H24N2O5/c1-2-27-18-13-11-17(12-14-18)22-19(24)9-6-10-21(26)28-15-20(25)23-16-7-4-3-5-8-16/h3-5,7-8,11-14H,2,6,9-10,15H2,1H3,(H,22,24)(H,23,25). The van der Waals surface area contributed by atoms with E-state index in [4.69, 9.17) is 9.47 Å². The van der Waals surface area contributed by atoms with Crippen LogP contribution in [-0.2, 0) is 19.1 Å². The smallest absolute Gasteiger partial charge is 0.306 e. The van der Waals surface area contributed by atoms with E-state index in [1.165, 1.54) is 0 Å². The lowest BCUT2D eigenvalue weighted by Gasteiger charge is -2.08. The van der Waals surface area contributed by atoms with Crippen molar-refractivity contribution in [2.24, 2.45) is 0 Å². The molecule has 0 aliphatic carbocycles. The van der Waals surface area contributed by atoms with E-state index in [2.05, 4.69) is 10.6 Å². The molecule has 28 heavy (non-hydrogen) atoms. The average molecular weight is 384 g/mol. The van der Waals surface area contributed by atoms with Crippen LogP contribution in [0.3, 0.4) is 0 Å². The first kappa shape index (κ1) is 21.0. The molecule has 0 bridgehead atoms. The van der Waals surface area contributed by atoms with Crippen molar-refractivity contribution in [2.75, 3.05) is 23.8 Å². The normalized spacial score (nSPS) is 10.0. The van der Waals surface area contributed by atoms with Gasteiger partial charge in [0.25, 0.3) is 5.91 Å². The second kappa shape index (κ2) is 11.4. The number of esters is 1. The predicted octanol–water partition coefficient (Wildman–Crippen LogP) is 3.38. The van der Waals surface area contributed by atoms with Crippen LogP contribution in [-0.4, -0.2) is 31.0 Å². The molecule has 0 unspecified atom stereocenters. The predicted molar refractivity (Wildman–Crippen MR) is 106 cm³/mol. The number of para-hydroxylation sites is 1. The van der Waals surface area contributed by atoms with E-state index in [0.29, 0.717) is 24.4 Å². The molecule has 0 radical (unpaired) electrons. The second-order valence-corrected chi connectivity index (χ2v) is 5.93. The first-order valence-corrected chi connectivity index (χ1v) is 9.10. The van der Waals surface area contributed by atoms with Crippen LogP contribution in [0.15, 0.2) is 54.6 Å². The Balaban J connectivity index is 1.60. The number of anilines is 2. The number of carbonyl (C=O) groups is 3. The van der Waals surface area contributed by atoms with Crippen molar-refractivity contribution in [2.45, 2.75) is 26.2 Å². The molecule has 2 aromatic carbocycles. The quantitative estimate of drug-likeness (QED) is 0.613. The van der Waals surface area contributed by atoms with Crippen LogP contribution in [0.5, 0.6) is 5.75 Å². The molecule has 148 valence electrons. The Morgan fingerprint density at radius 1 is 0.821 bits per heavy atom. The lowest BCUT2D eigenvalue weighted by molar-refractivity contribution is -0.147. The summed E-state index contributed by atoms with van der Waals surface area (Å²) in [6.07, 6.45) is 0.579. The van der Waals surface area contributed by atoms with Crippen LogP contribution >= 0.6 is 0 Å². The number of amides is 2. The molecular formula is C21H24N2O5. The Kier molecular flexibility index (Phi) is 8.52. The molecule has 0 saturated carbocycles. The molecule has 2 rings (SSSR count). The number of rotatable bonds is 10. The van der Waals surface area contributed by atoms with Crippen LogP contribution in [0.1, 0.15) is 26.2 Å². The lowest BCUT2D eigenvalue weighted by atomic mass is 10.2. The van der Waals surface area contributed by atoms with Gasteiger partial charge in [0.15, 0.2) is 6.61 Å². The third kappa shape index (κ3) is 7.90. The van der Waals surface area contributed by atoms with Gasteiger partial charge in [-0.15, -0.1) is 0 Å². The van der Waals surface area contributed by atoms with Gasteiger partial charge >= 0.3 is 5.97 Å². The summed E-state index contributed by atoms with van der Waals surface area (Å²) in [5.41, 5.74) is 1.29. The van der Waals surface area contributed by atoms with E-state index >= 15 is 0 Å². The first-order valence-electron chi connectivity index (χ1n) is 9.10. The number of nitrogens with one attached hydrogen (secondary N) is 2. The van der Waals surface area contributed by atoms with Gasteiger partial charge in [0.1, 0.15) is 5.75 Å². The summed E-state index contributed by atoms with van der Waals surface area (Å²) < 4.78 is 10.3. The fraction of sp³-hybridized carbons (Fsp3) is 0.286. The highest BCUT2D eigenvalue weighted by atomic mass is 16.5. The highest BCUT2D eigenvalue weighted by molar-refractivity contribution is 5.93. The van der Waals surface area contributed by atoms with Crippen LogP contribution in [0, 0.1) is 0 Å². The Morgan fingerprint density at radius 2 is 1.46 bits per heavy atom. The minimum absolute atomic E-state index is 0.0648. The molecule has 0 heterocycles. The zero-order valence-corrected chi connectivity index (χ0v) is 15.8. The summed E-state index contributed by atoms with van der Waals surface area (Å²) in [6.45, 7) is 2.12. The third-order valence-corrected chi connectivity index (χ3v) is 3.66. The van der Waals surface area contributed by atoms with E-state index in [1.54, 1.807) is 48.5 Å². The van der Waals surface area contributed by atoms with Gasteiger partial charge in [-0.05, 0) is 49.7 Å². The summed E-state index contributed by atoms with van der Waals surface area (Å²) in [5, 5.41) is 5.37. The largest absolute Gasteiger partial charge is 0.494 e.